The zero-order valence-corrected chi connectivity index (χ0v) is 19.7. The summed E-state index contributed by atoms with van der Waals surface area (Å²) in [6.07, 6.45) is 7.22. The first-order chi connectivity index (χ1) is 12.2. The van der Waals surface area contributed by atoms with Gasteiger partial charge < -0.3 is 10.6 Å². The lowest BCUT2D eigenvalue weighted by atomic mass is 9.95. The Labute approximate surface area is 182 Å². The lowest BCUT2D eigenvalue weighted by Crippen LogP contribution is -2.45. The van der Waals surface area contributed by atoms with Gasteiger partial charge in [-0.15, -0.1) is 24.0 Å². The molecule has 1 aliphatic carbocycles. The van der Waals surface area contributed by atoms with Crippen LogP contribution in [-0.4, -0.2) is 46.6 Å². The van der Waals surface area contributed by atoms with E-state index in [0.29, 0.717) is 24.1 Å². The molecule has 26 heavy (non-hydrogen) atoms. The number of thioether (sulfide) groups is 1. The number of aliphatic imine (C=N–C) groups is 1. The normalized spacial score (nSPS) is 21.5. The van der Waals surface area contributed by atoms with E-state index in [1.165, 1.54) is 25.7 Å². The van der Waals surface area contributed by atoms with Crippen LogP contribution in [0.1, 0.15) is 38.2 Å². The maximum Gasteiger partial charge on any atom is 0.191 e. The molecule has 1 aromatic rings. The molecule has 3 atom stereocenters. The SMILES string of the molecule is CCNC(=NCCS(=O)Cc1ccccc1)NC1CCCC(SC)C1.I. The van der Waals surface area contributed by atoms with Gasteiger partial charge in [-0.05, 0) is 38.0 Å². The third kappa shape index (κ3) is 9.08. The Morgan fingerprint density at radius 2 is 2.08 bits per heavy atom. The Hall–Kier alpha value is -0.280. The van der Waals surface area contributed by atoms with E-state index in [2.05, 4.69) is 28.8 Å². The van der Waals surface area contributed by atoms with Crippen molar-refractivity contribution >= 4 is 52.5 Å². The standard InChI is InChI=1S/C19H31N3OS2.HI/c1-3-20-19(22-17-10-7-11-18(14-17)24-2)21-12-13-25(23)15-16-8-5-4-6-9-16;/h4-6,8-9,17-18H,3,7,10-15H2,1-2H3,(H2,20,21,22);1H. The Morgan fingerprint density at radius 1 is 1.31 bits per heavy atom. The molecule has 2 N–H and O–H groups in total. The van der Waals surface area contributed by atoms with E-state index in [9.17, 15) is 4.21 Å². The highest BCUT2D eigenvalue weighted by atomic mass is 127. The van der Waals surface area contributed by atoms with E-state index in [1.807, 2.05) is 42.1 Å². The molecule has 2 rings (SSSR count). The molecule has 0 heterocycles. The fourth-order valence-electron chi connectivity index (χ4n) is 3.10. The second kappa shape index (κ2) is 13.8. The van der Waals surface area contributed by atoms with Gasteiger partial charge in [-0.1, -0.05) is 36.8 Å². The molecular formula is C19H32IN3OS2. The van der Waals surface area contributed by atoms with Gasteiger partial charge in [0.05, 0.1) is 6.54 Å². The Morgan fingerprint density at radius 3 is 2.77 bits per heavy atom. The highest BCUT2D eigenvalue weighted by molar-refractivity contribution is 14.0. The van der Waals surface area contributed by atoms with E-state index < -0.39 is 10.8 Å². The van der Waals surface area contributed by atoms with E-state index in [0.717, 1.165) is 23.3 Å². The zero-order chi connectivity index (χ0) is 17.9. The molecule has 1 saturated carbocycles. The van der Waals surface area contributed by atoms with Crippen molar-refractivity contribution in [3.05, 3.63) is 35.9 Å². The van der Waals surface area contributed by atoms with Crippen LogP contribution in [0, 0.1) is 0 Å². The smallest absolute Gasteiger partial charge is 0.191 e. The van der Waals surface area contributed by atoms with Crippen LogP contribution in [0.5, 0.6) is 0 Å². The molecule has 1 aliphatic rings. The van der Waals surface area contributed by atoms with Gasteiger partial charge in [0, 0.05) is 40.1 Å². The molecule has 0 radical (unpaired) electrons. The lowest BCUT2D eigenvalue weighted by Gasteiger charge is -2.29. The molecule has 0 amide bonds. The van der Waals surface area contributed by atoms with Crippen molar-refractivity contribution < 1.29 is 4.21 Å². The molecule has 1 fully saturated rings. The fourth-order valence-corrected chi connectivity index (χ4v) is 4.93. The predicted molar refractivity (Wildman–Crippen MR) is 127 cm³/mol. The van der Waals surface area contributed by atoms with Gasteiger partial charge in [0.15, 0.2) is 5.96 Å². The Balaban J connectivity index is 0.00000338. The van der Waals surface area contributed by atoms with E-state index in [-0.39, 0.29) is 24.0 Å². The second-order valence-corrected chi connectivity index (χ2v) is 9.11. The third-order valence-corrected chi connectivity index (χ3v) is 6.79. The van der Waals surface area contributed by atoms with Crippen LogP contribution >= 0.6 is 35.7 Å². The Bertz CT molecular complexity index is 557. The van der Waals surface area contributed by atoms with Gasteiger partial charge in [0.1, 0.15) is 0 Å². The average molecular weight is 510 g/mol. The molecule has 7 heteroatoms. The number of guanidine groups is 1. The quantitative estimate of drug-likeness (QED) is 0.318. The van der Waals surface area contributed by atoms with Crippen molar-refractivity contribution in [2.75, 3.05) is 25.1 Å². The van der Waals surface area contributed by atoms with E-state index in [4.69, 9.17) is 0 Å². The van der Waals surface area contributed by atoms with Crippen molar-refractivity contribution in [1.82, 2.24) is 10.6 Å². The Kier molecular flexibility index (Phi) is 12.6. The first-order valence-corrected chi connectivity index (χ1v) is 12.0. The number of nitrogens with one attached hydrogen (secondary N) is 2. The zero-order valence-electron chi connectivity index (χ0n) is 15.8. The first kappa shape index (κ1) is 23.8. The maximum atomic E-state index is 12.2. The van der Waals surface area contributed by atoms with E-state index in [1.54, 1.807) is 0 Å². The maximum absolute atomic E-state index is 12.2. The molecule has 3 unspecified atom stereocenters. The highest BCUT2D eigenvalue weighted by Gasteiger charge is 2.21. The van der Waals surface area contributed by atoms with Crippen molar-refractivity contribution in [2.45, 2.75) is 49.7 Å². The van der Waals surface area contributed by atoms with Gasteiger partial charge >= 0.3 is 0 Å². The van der Waals surface area contributed by atoms with E-state index >= 15 is 0 Å². The van der Waals surface area contributed by atoms with Crippen LogP contribution < -0.4 is 10.6 Å². The van der Waals surface area contributed by atoms with Gasteiger partial charge in [-0.3, -0.25) is 9.20 Å². The minimum atomic E-state index is -0.871. The summed E-state index contributed by atoms with van der Waals surface area (Å²) in [7, 11) is -0.871. The number of benzene rings is 1. The summed E-state index contributed by atoms with van der Waals surface area (Å²) in [4.78, 5) is 4.63. The summed E-state index contributed by atoms with van der Waals surface area (Å²) in [5, 5.41) is 7.65. The summed E-state index contributed by atoms with van der Waals surface area (Å²) in [6, 6.07) is 10.5. The third-order valence-electron chi connectivity index (χ3n) is 4.40. The monoisotopic (exact) mass is 509 g/mol. The van der Waals surface area contributed by atoms with Crippen LogP contribution in [0.4, 0.5) is 0 Å². The van der Waals surface area contributed by atoms with Crippen LogP contribution in [0.3, 0.4) is 0 Å². The van der Waals surface area contributed by atoms with Crippen LogP contribution in [0.2, 0.25) is 0 Å². The van der Waals surface area contributed by atoms with Gasteiger partial charge in [0.25, 0.3) is 0 Å². The lowest BCUT2D eigenvalue weighted by molar-refractivity contribution is 0.419. The number of hydrogen-bond acceptors (Lipinski definition) is 3. The molecule has 0 aliphatic heterocycles. The summed E-state index contributed by atoms with van der Waals surface area (Å²) in [6.45, 7) is 3.52. The summed E-state index contributed by atoms with van der Waals surface area (Å²) >= 11 is 1.97. The van der Waals surface area contributed by atoms with Gasteiger partial charge in [-0.2, -0.15) is 11.8 Å². The predicted octanol–water partition coefficient (Wildman–Crippen LogP) is 3.78. The van der Waals surface area contributed by atoms with Gasteiger partial charge in [0.2, 0.25) is 0 Å². The van der Waals surface area contributed by atoms with Crippen LogP contribution in [-0.2, 0) is 16.6 Å². The molecule has 0 spiro atoms. The summed E-state index contributed by atoms with van der Waals surface area (Å²) in [5.41, 5.74) is 1.13. The summed E-state index contributed by atoms with van der Waals surface area (Å²) in [5.74, 6) is 2.08. The van der Waals surface area contributed by atoms with Gasteiger partial charge in [-0.25, -0.2) is 0 Å². The molecule has 148 valence electrons. The van der Waals surface area contributed by atoms with Crippen molar-refractivity contribution in [3.8, 4) is 0 Å². The molecule has 0 bridgehead atoms. The van der Waals surface area contributed by atoms with Crippen molar-refractivity contribution in [1.29, 1.82) is 0 Å². The second-order valence-electron chi connectivity index (χ2n) is 6.40. The minimum absolute atomic E-state index is 0. The minimum Gasteiger partial charge on any atom is -0.357 e. The highest BCUT2D eigenvalue weighted by Crippen LogP contribution is 2.26. The van der Waals surface area contributed by atoms with Crippen LogP contribution in [0.15, 0.2) is 35.3 Å². The topological polar surface area (TPSA) is 53.5 Å². The number of rotatable bonds is 8. The van der Waals surface area contributed by atoms with Crippen LogP contribution in [0.25, 0.3) is 0 Å². The fraction of sp³-hybridized carbons (Fsp3) is 0.632. The molecule has 0 saturated heterocycles. The largest absolute Gasteiger partial charge is 0.357 e. The number of halogens is 1. The molecule has 1 aromatic carbocycles. The number of nitrogens with zero attached hydrogens (tertiary/aromatic N) is 1. The molecule has 4 nitrogen and oxygen atoms in total. The first-order valence-electron chi connectivity index (χ1n) is 9.17. The molecular weight excluding hydrogens is 477 g/mol. The molecule has 0 aromatic heterocycles. The summed E-state index contributed by atoms with van der Waals surface area (Å²) < 4.78 is 12.2. The number of hydrogen-bond donors (Lipinski definition) is 2. The van der Waals surface area contributed by atoms with Crippen molar-refractivity contribution in [2.24, 2.45) is 4.99 Å². The van der Waals surface area contributed by atoms with Crippen molar-refractivity contribution in [3.63, 3.8) is 0 Å². The average Bonchev–Trinajstić information content (AvgIpc) is 2.63.